The maximum absolute atomic E-state index is 5.66. The molecular formula is C17H24N2O. The van der Waals surface area contributed by atoms with Gasteiger partial charge in [0.1, 0.15) is 0 Å². The number of para-hydroxylation sites is 1. The lowest BCUT2D eigenvalue weighted by Crippen LogP contribution is -2.19. The second kappa shape index (κ2) is 6.42. The topological polar surface area (TPSA) is 26.2 Å². The van der Waals surface area contributed by atoms with E-state index in [-0.39, 0.29) is 0 Å². The minimum absolute atomic E-state index is 0.748. The van der Waals surface area contributed by atoms with E-state index < -0.39 is 0 Å². The number of fused-ring (bicyclic) bond motifs is 1. The highest BCUT2D eigenvalue weighted by Gasteiger charge is 2.20. The highest BCUT2D eigenvalue weighted by Crippen LogP contribution is 2.22. The lowest BCUT2D eigenvalue weighted by atomic mass is 10.2. The molecule has 1 saturated carbocycles. The van der Waals surface area contributed by atoms with E-state index in [9.17, 15) is 0 Å². The first kappa shape index (κ1) is 13.7. The molecule has 0 atom stereocenters. The summed E-state index contributed by atoms with van der Waals surface area (Å²) in [5, 5.41) is 4.94. The highest BCUT2D eigenvalue weighted by molar-refractivity contribution is 5.81. The largest absolute Gasteiger partial charge is 0.380 e. The van der Waals surface area contributed by atoms with Gasteiger partial charge >= 0.3 is 0 Å². The van der Waals surface area contributed by atoms with Crippen LogP contribution in [0.2, 0.25) is 0 Å². The van der Waals surface area contributed by atoms with Crippen molar-refractivity contribution >= 4 is 10.9 Å². The molecule has 3 heteroatoms. The lowest BCUT2D eigenvalue weighted by molar-refractivity contribution is 0.127. The molecule has 1 aliphatic carbocycles. The predicted octanol–water partition coefficient (Wildman–Crippen LogP) is 3.32. The molecule has 1 aromatic heterocycles. The Bertz CT molecular complexity index is 557. The third-order valence-electron chi connectivity index (χ3n) is 3.85. The minimum Gasteiger partial charge on any atom is -0.380 e. The third kappa shape index (κ3) is 3.22. The van der Waals surface area contributed by atoms with Crippen LogP contribution in [0.5, 0.6) is 0 Å². The number of rotatable bonds is 8. The quantitative estimate of drug-likeness (QED) is 0.746. The average molecular weight is 272 g/mol. The van der Waals surface area contributed by atoms with Crippen LogP contribution in [0.15, 0.2) is 30.3 Å². The number of nitrogens with zero attached hydrogens (tertiary/aromatic N) is 1. The van der Waals surface area contributed by atoms with Gasteiger partial charge in [-0.05, 0) is 36.8 Å². The van der Waals surface area contributed by atoms with Gasteiger partial charge in [-0.2, -0.15) is 0 Å². The molecule has 1 aliphatic rings. The van der Waals surface area contributed by atoms with Crippen molar-refractivity contribution in [3.63, 3.8) is 0 Å². The minimum atomic E-state index is 0.748. The smallest absolute Gasteiger partial charge is 0.0645 e. The van der Waals surface area contributed by atoms with Gasteiger partial charge < -0.3 is 14.6 Å². The Hall–Kier alpha value is -1.32. The number of nitrogens with one attached hydrogen (secondary N) is 1. The molecule has 1 N–H and O–H groups in total. The molecule has 2 aromatic rings. The lowest BCUT2D eigenvalue weighted by Gasteiger charge is -2.11. The highest BCUT2D eigenvalue weighted by atomic mass is 16.5. The summed E-state index contributed by atoms with van der Waals surface area (Å²) in [5.41, 5.74) is 2.69. The second-order valence-electron chi connectivity index (χ2n) is 5.61. The summed E-state index contributed by atoms with van der Waals surface area (Å²) in [5.74, 6) is 0. The fourth-order valence-electron chi connectivity index (χ4n) is 2.62. The summed E-state index contributed by atoms with van der Waals surface area (Å²) in [6.07, 6.45) is 3.75. The molecule has 0 unspecified atom stereocenters. The molecular weight excluding hydrogens is 248 g/mol. The Morgan fingerprint density at radius 2 is 2.10 bits per heavy atom. The first-order valence-electron chi connectivity index (χ1n) is 7.76. The molecule has 3 nitrogen and oxygen atoms in total. The molecule has 1 fully saturated rings. The van der Waals surface area contributed by atoms with Gasteiger partial charge in [-0.1, -0.05) is 25.1 Å². The summed E-state index contributed by atoms with van der Waals surface area (Å²) in [6, 6.07) is 11.7. The number of benzene rings is 1. The normalized spacial score (nSPS) is 15.1. The number of aromatic nitrogens is 1. The first-order chi connectivity index (χ1) is 9.88. The fourth-order valence-corrected chi connectivity index (χ4v) is 2.62. The number of hydrogen-bond acceptors (Lipinski definition) is 2. The Morgan fingerprint density at radius 3 is 2.90 bits per heavy atom. The van der Waals surface area contributed by atoms with Crippen LogP contribution in [0.1, 0.15) is 31.9 Å². The Kier molecular flexibility index (Phi) is 4.38. The molecule has 0 aliphatic heterocycles. The van der Waals surface area contributed by atoms with E-state index in [1.54, 1.807) is 0 Å². The van der Waals surface area contributed by atoms with E-state index in [4.69, 9.17) is 4.74 Å². The molecule has 0 bridgehead atoms. The molecule has 0 spiro atoms. The fraction of sp³-hybridized carbons (Fsp3) is 0.529. The van der Waals surface area contributed by atoms with Crippen LogP contribution in [0, 0.1) is 0 Å². The van der Waals surface area contributed by atoms with Gasteiger partial charge in [-0.3, -0.25) is 0 Å². The Balaban J connectivity index is 1.75. The van der Waals surface area contributed by atoms with E-state index in [2.05, 4.69) is 47.1 Å². The van der Waals surface area contributed by atoms with Crippen molar-refractivity contribution in [1.82, 2.24) is 9.88 Å². The van der Waals surface area contributed by atoms with E-state index >= 15 is 0 Å². The number of hydrogen-bond donors (Lipinski definition) is 1. The van der Waals surface area contributed by atoms with E-state index in [0.29, 0.717) is 0 Å². The summed E-state index contributed by atoms with van der Waals surface area (Å²) >= 11 is 0. The van der Waals surface area contributed by atoms with Crippen LogP contribution < -0.4 is 5.32 Å². The molecule has 1 heterocycles. The van der Waals surface area contributed by atoms with Crippen molar-refractivity contribution < 1.29 is 4.74 Å². The van der Waals surface area contributed by atoms with Crippen LogP contribution in [0.25, 0.3) is 10.9 Å². The van der Waals surface area contributed by atoms with E-state index in [0.717, 1.165) is 38.8 Å². The van der Waals surface area contributed by atoms with Crippen LogP contribution >= 0.6 is 0 Å². The summed E-state index contributed by atoms with van der Waals surface area (Å²) in [6.45, 7) is 5.70. The van der Waals surface area contributed by atoms with Gasteiger partial charge in [0.2, 0.25) is 0 Å². The standard InChI is InChI=1S/C17H24N2O/c1-2-10-20-11-9-19-16(13-18-15-7-8-15)12-14-5-3-4-6-17(14)19/h3-6,12,15,18H,2,7-11,13H2,1H3. The van der Waals surface area contributed by atoms with Crippen molar-refractivity contribution in [3.8, 4) is 0 Å². The number of ether oxygens (including phenoxy) is 1. The van der Waals surface area contributed by atoms with Crippen LogP contribution in [-0.4, -0.2) is 23.8 Å². The molecule has 0 amide bonds. The Labute approximate surface area is 120 Å². The molecule has 108 valence electrons. The van der Waals surface area contributed by atoms with Crippen LogP contribution in [0.4, 0.5) is 0 Å². The van der Waals surface area contributed by atoms with Crippen LogP contribution in [0.3, 0.4) is 0 Å². The molecule has 0 radical (unpaired) electrons. The summed E-state index contributed by atoms with van der Waals surface area (Å²) in [7, 11) is 0. The molecule has 3 rings (SSSR count). The second-order valence-corrected chi connectivity index (χ2v) is 5.61. The van der Waals surface area contributed by atoms with Crippen molar-refractivity contribution in [2.24, 2.45) is 0 Å². The maximum Gasteiger partial charge on any atom is 0.0645 e. The molecule has 1 aromatic carbocycles. The van der Waals surface area contributed by atoms with Crippen molar-refractivity contribution in [3.05, 3.63) is 36.0 Å². The van der Waals surface area contributed by atoms with Crippen molar-refractivity contribution in [2.45, 2.75) is 45.3 Å². The van der Waals surface area contributed by atoms with Crippen molar-refractivity contribution in [2.75, 3.05) is 13.2 Å². The van der Waals surface area contributed by atoms with Gasteiger partial charge in [0.15, 0.2) is 0 Å². The maximum atomic E-state index is 5.66. The van der Waals surface area contributed by atoms with E-state index in [1.165, 1.54) is 29.4 Å². The summed E-state index contributed by atoms with van der Waals surface area (Å²) < 4.78 is 8.06. The SMILES string of the molecule is CCCOCCn1c(CNC2CC2)cc2ccccc21. The van der Waals surface area contributed by atoms with Gasteiger partial charge in [0, 0.05) is 36.9 Å². The molecule has 20 heavy (non-hydrogen) atoms. The third-order valence-corrected chi connectivity index (χ3v) is 3.85. The van der Waals surface area contributed by atoms with Gasteiger partial charge in [-0.15, -0.1) is 0 Å². The average Bonchev–Trinajstić information content (AvgIpc) is 3.23. The zero-order valence-electron chi connectivity index (χ0n) is 12.3. The Morgan fingerprint density at radius 1 is 1.25 bits per heavy atom. The van der Waals surface area contributed by atoms with Gasteiger partial charge in [0.25, 0.3) is 0 Å². The van der Waals surface area contributed by atoms with E-state index in [1.807, 2.05) is 0 Å². The zero-order chi connectivity index (χ0) is 13.8. The monoisotopic (exact) mass is 272 g/mol. The first-order valence-corrected chi connectivity index (χ1v) is 7.76. The predicted molar refractivity (Wildman–Crippen MR) is 82.9 cm³/mol. The summed E-state index contributed by atoms with van der Waals surface area (Å²) in [4.78, 5) is 0. The van der Waals surface area contributed by atoms with Crippen molar-refractivity contribution in [1.29, 1.82) is 0 Å². The van der Waals surface area contributed by atoms with Gasteiger partial charge in [0.05, 0.1) is 6.61 Å². The van der Waals surface area contributed by atoms with Gasteiger partial charge in [-0.25, -0.2) is 0 Å². The van der Waals surface area contributed by atoms with Crippen LogP contribution in [-0.2, 0) is 17.8 Å². The zero-order valence-corrected chi connectivity index (χ0v) is 12.3. The molecule has 0 saturated heterocycles.